The molecule has 0 fully saturated rings. The average molecular weight is 439 g/mol. The van der Waals surface area contributed by atoms with Crippen LogP contribution >= 0.6 is 12.4 Å². The lowest BCUT2D eigenvalue weighted by atomic mass is 9.97. The summed E-state index contributed by atoms with van der Waals surface area (Å²) in [4.78, 5) is 3.06. The zero-order chi connectivity index (χ0) is 21.0. The van der Waals surface area contributed by atoms with Crippen molar-refractivity contribution in [1.82, 2.24) is 20.1 Å². The van der Waals surface area contributed by atoms with Gasteiger partial charge in [0.1, 0.15) is 5.82 Å². The number of H-pyrrole nitrogens is 1. The molecule has 0 saturated heterocycles. The molecule has 0 amide bonds. The van der Waals surface area contributed by atoms with Gasteiger partial charge in [-0.25, -0.2) is 9.07 Å². The number of nitrogens with zero attached hydrogens (tertiary/aromatic N) is 2. The Kier molecular flexibility index (Phi) is 5.44. The largest absolute Gasteiger partial charge is 0.359 e. The summed E-state index contributed by atoms with van der Waals surface area (Å²) < 4.78 is 16.6. The standard InChI is InChI=1S/C25H27FN4.ClH/c1-5-15-8-7-9-16(6-2)22(15)30-23(19-14-28-25(3,4)24(19)29-30)18-10-11-20(26)21-17(18)12-13-27-21;/h7-13,27-28H,5-6,14H2,1-4H3;1H. The molecule has 0 saturated carbocycles. The average Bonchev–Trinajstić information content (AvgIpc) is 3.44. The van der Waals surface area contributed by atoms with Gasteiger partial charge < -0.3 is 10.3 Å². The Morgan fingerprint density at radius 2 is 1.77 bits per heavy atom. The lowest BCUT2D eigenvalue weighted by Crippen LogP contribution is -2.30. The maximum absolute atomic E-state index is 14.4. The van der Waals surface area contributed by atoms with Gasteiger partial charge in [-0.15, -0.1) is 12.4 Å². The predicted octanol–water partition coefficient (Wildman–Crippen LogP) is 6.04. The van der Waals surface area contributed by atoms with Crippen LogP contribution in [-0.4, -0.2) is 14.8 Å². The summed E-state index contributed by atoms with van der Waals surface area (Å²) in [6, 6.07) is 11.9. The number of rotatable bonds is 4. The molecule has 1 aliphatic heterocycles. The van der Waals surface area contributed by atoms with Gasteiger partial charge in [-0.1, -0.05) is 32.0 Å². The van der Waals surface area contributed by atoms with Gasteiger partial charge in [0.25, 0.3) is 0 Å². The van der Waals surface area contributed by atoms with Crippen LogP contribution in [0.15, 0.2) is 42.6 Å². The first kappa shape index (κ1) is 21.6. The van der Waals surface area contributed by atoms with Crippen molar-refractivity contribution in [2.75, 3.05) is 0 Å². The highest BCUT2D eigenvalue weighted by Gasteiger charge is 2.37. The summed E-state index contributed by atoms with van der Waals surface area (Å²) in [5.41, 5.74) is 8.37. The molecule has 4 nitrogen and oxygen atoms in total. The summed E-state index contributed by atoms with van der Waals surface area (Å²) >= 11 is 0. The maximum Gasteiger partial charge on any atom is 0.147 e. The van der Waals surface area contributed by atoms with Gasteiger partial charge in [0.15, 0.2) is 0 Å². The van der Waals surface area contributed by atoms with Crippen LogP contribution in [-0.2, 0) is 24.9 Å². The molecule has 0 bridgehead atoms. The second-order valence-electron chi connectivity index (χ2n) is 8.56. The smallest absolute Gasteiger partial charge is 0.147 e. The zero-order valence-electron chi connectivity index (χ0n) is 18.3. The molecular formula is C25H28ClFN4. The van der Waals surface area contributed by atoms with E-state index in [0.29, 0.717) is 5.52 Å². The maximum atomic E-state index is 14.4. The van der Waals surface area contributed by atoms with E-state index in [-0.39, 0.29) is 23.8 Å². The molecule has 2 aromatic carbocycles. The summed E-state index contributed by atoms with van der Waals surface area (Å²) in [5.74, 6) is -0.233. The molecule has 0 radical (unpaired) electrons. The fraction of sp³-hybridized carbons (Fsp3) is 0.320. The van der Waals surface area contributed by atoms with Crippen LogP contribution < -0.4 is 5.32 Å². The van der Waals surface area contributed by atoms with Crippen LogP contribution in [0.2, 0.25) is 0 Å². The van der Waals surface area contributed by atoms with Crippen LogP contribution in [0.4, 0.5) is 4.39 Å². The van der Waals surface area contributed by atoms with Crippen molar-refractivity contribution in [3.63, 3.8) is 0 Å². The molecule has 162 valence electrons. The van der Waals surface area contributed by atoms with Crippen LogP contribution in [0.1, 0.15) is 50.1 Å². The third-order valence-corrected chi connectivity index (χ3v) is 6.39. The molecule has 4 aromatic rings. The first-order chi connectivity index (χ1) is 14.5. The Balaban J connectivity index is 0.00000231. The van der Waals surface area contributed by atoms with E-state index in [1.54, 1.807) is 12.3 Å². The summed E-state index contributed by atoms with van der Waals surface area (Å²) in [6.45, 7) is 9.45. The predicted molar refractivity (Wildman–Crippen MR) is 127 cm³/mol. The monoisotopic (exact) mass is 438 g/mol. The third kappa shape index (κ3) is 3.19. The second-order valence-corrected chi connectivity index (χ2v) is 8.56. The van der Waals surface area contributed by atoms with Crippen LogP contribution in [0.5, 0.6) is 0 Å². The minimum atomic E-state index is -0.233. The van der Waals surface area contributed by atoms with Crippen molar-refractivity contribution >= 4 is 23.3 Å². The Labute approximate surface area is 188 Å². The first-order valence-corrected chi connectivity index (χ1v) is 10.7. The number of halogens is 2. The number of aryl methyl sites for hydroxylation is 2. The van der Waals surface area contributed by atoms with Gasteiger partial charge >= 0.3 is 0 Å². The molecule has 6 heteroatoms. The number of benzene rings is 2. The van der Waals surface area contributed by atoms with Crippen molar-refractivity contribution in [3.8, 4) is 16.9 Å². The molecule has 2 aromatic heterocycles. The zero-order valence-corrected chi connectivity index (χ0v) is 19.2. The minimum Gasteiger partial charge on any atom is -0.359 e. The van der Waals surface area contributed by atoms with E-state index in [1.807, 2.05) is 12.1 Å². The van der Waals surface area contributed by atoms with Crippen molar-refractivity contribution < 1.29 is 4.39 Å². The number of hydrogen-bond acceptors (Lipinski definition) is 2. The molecule has 31 heavy (non-hydrogen) atoms. The van der Waals surface area contributed by atoms with Crippen molar-refractivity contribution in [3.05, 3.63) is 70.8 Å². The Morgan fingerprint density at radius 1 is 1.06 bits per heavy atom. The lowest BCUT2D eigenvalue weighted by Gasteiger charge is -2.20. The van der Waals surface area contributed by atoms with Crippen LogP contribution in [0, 0.1) is 5.82 Å². The van der Waals surface area contributed by atoms with Gasteiger partial charge in [0, 0.05) is 29.3 Å². The highest BCUT2D eigenvalue weighted by molar-refractivity contribution is 5.96. The van der Waals surface area contributed by atoms with Crippen molar-refractivity contribution in [2.45, 2.75) is 52.6 Å². The van der Waals surface area contributed by atoms with E-state index in [9.17, 15) is 4.39 Å². The van der Waals surface area contributed by atoms with Gasteiger partial charge in [0.05, 0.1) is 28.1 Å². The lowest BCUT2D eigenvalue weighted by molar-refractivity contribution is 0.426. The Morgan fingerprint density at radius 3 is 2.45 bits per heavy atom. The Hall–Kier alpha value is -2.63. The van der Waals surface area contributed by atoms with Crippen LogP contribution in [0.25, 0.3) is 27.8 Å². The van der Waals surface area contributed by atoms with E-state index >= 15 is 0 Å². The molecule has 1 aliphatic rings. The molecule has 0 atom stereocenters. The summed E-state index contributed by atoms with van der Waals surface area (Å²) in [7, 11) is 0. The van der Waals surface area contributed by atoms with Crippen LogP contribution in [0.3, 0.4) is 0 Å². The minimum absolute atomic E-state index is 0. The number of para-hydroxylation sites is 1. The molecular weight excluding hydrogens is 411 g/mol. The van der Waals surface area contributed by atoms with Gasteiger partial charge in [0.2, 0.25) is 0 Å². The molecule has 5 rings (SSSR count). The van der Waals surface area contributed by atoms with Gasteiger partial charge in [-0.05, 0) is 56.0 Å². The van der Waals surface area contributed by atoms with Gasteiger partial charge in [-0.2, -0.15) is 5.10 Å². The topological polar surface area (TPSA) is 45.6 Å². The number of aromatic amines is 1. The van der Waals surface area contributed by atoms with Crippen molar-refractivity contribution in [1.29, 1.82) is 0 Å². The molecule has 3 heterocycles. The molecule has 2 N–H and O–H groups in total. The molecule has 0 spiro atoms. The molecule has 0 unspecified atom stereocenters. The summed E-state index contributed by atoms with van der Waals surface area (Å²) in [6.07, 6.45) is 3.66. The quantitative estimate of drug-likeness (QED) is 0.407. The highest BCUT2D eigenvalue weighted by Crippen LogP contribution is 2.41. The van der Waals surface area contributed by atoms with E-state index in [0.717, 1.165) is 47.4 Å². The van der Waals surface area contributed by atoms with Crippen molar-refractivity contribution in [2.24, 2.45) is 0 Å². The number of fused-ring (bicyclic) bond motifs is 2. The fourth-order valence-corrected chi connectivity index (χ4v) is 4.77. The van der Waals surface area contributed by atoms with E-state index < -0.39 is 0 Å². The van der Waals surface area contributed by atoms with E-state index in [2.05, 4.69) is 60.9 Å². The first-order valence-electron chi connectivity index (χ1n) is 10.7. The third-order valence-electron chi connectivity index (χ3n) is 6.39. The van der Waals surface area contributed by atoms with E-state index in [1.165, 1.54) is 16.7 Å². The van der Waals surface area contributed by atoms with Gasteiger partial charge in [-0.3, -0.25) is 0 Å². The second kappa shape index (κ2) is 7.81. The Bertz CT molecular complexity index is 1250. The SMILES string of the molecule is CCc1cccc(CC)c1-n1nc2c(c1-c1ccc(F)c3[nH]ccc13)CNC2(C)C.Cl. The summed E-state index contributed by atoms with van der Waals surface area (Å²) in [5, 5.41) is 9.64. The number of nitrogens with one attached hydrogen (secondary N) is 2. The number of aromatic nitrogens is 3. The normalized spacial score (nSPS) is 14.6. The molecule has 0 aliphatic carbocycles. The fourth-order valence-electron chi connectivity index (χ4n) is 4.77. The number of hydrogen-bond donors (Lipinski definition) is 2. The van der Waals surface area contributed by atoms with E-state index in [4.69, 9.17) is 5.10 Å². The highest BCUT2D eigenvalue weighted by atomic mass is 35.5.